The molecule has 21 heavy (non-hydrogen) atoms. The van der Waals surface area contributed by atoms with Gasteiger partial charge in [0, 0.05) is 26.2 Å². The zero-order valence-corrected chi connectivity index (χ0v) is 11.6. The number of nitrogens with zero attached hydrogens (tertiary/aromatic N) is 2. The van der Waals surface area contributed by atoms with Gasteiger partial charge in [-0.1, -0.05) is 0 Å². The highest BCUT2D eigenvalue weighted by Crippen LogP contribution is 2.17. The zero-order chi connectivity index (χ0) is 15.4. The molecule has 0 unspecified atom stereocenters. The molecular formula is C14H18F3N3O. The molecule has 1 aromatic carbocycles. The van der Waals surface area contributed by atoms with Crippen molar-refractivity contribution in [1.29, 1.82) is 0 Å². The molecule has 0 aromatic heterocycles. The van der Waals surface area contributed by atoms with Crippen LogP contribution in [0.1, 0.15) is 16.8 Å². The van der Waals surface area contributed by atoms with E-state index in [1.54, 1.807) is 0 Å². The largest absolute Gasteiger partial charge is 0.336 e. The van der Waals surface area contributed by atoms with E-state index in [9.17, 15) is 18.0 Å². The molecule has 1 heterocycles. The van der Waals surface area contributed by atoms with Crippen LogP contribution in [0, 0.1) is 17.5 Å². The summed E-state index contributed by atoms with van der Waals surface area (Å²) in [5, 5.41) is 0. The molecule has 1 aromatic rings. The summed E-state index contributed by atoms with van der Waals surface area (Å²) < 4.78 is 39.7. The van der Waals surface area contributed by atoms with E-state index in [0.717, 1.165) is 25.1 Å². The molecule has 0 atom stereocenters. The number of nitrogens with two attached hydrogens (primary N) is 1. The lowest BCUT2D eigenvalue weighted by atomic mass is 10.1. The van der Waals surface area contributed by atoms with Crippen molar-refractivity contribution in [3.05, 3.63) is 35.1 Å². The first-order chi connectivity index (χ1) is 10.0. The van der Waals surface area contributed by atoms with Crippen molar-refractivity contribution < 1.29 is 18.0 Å². The lowest BCUT2D eigenvalue weighted by Crippen LogP contribution is -2.49. The van der Waals surface area contributed by atoms with Gasteiger partial charge in [-0.05, 0) is 31.6 Å². The van der Waals surface area contributed by atoms with Crippen molar-refractivity contribution >= 4 is 5.91 Å². The smallest absolute Gasteiger partial charge is 0.257 e. The fourth-order valence-corrected chi connectivity index (χ4v) is 2.35. The Labute approximate surface area is 121 Å². The normalized spacial score (nSPS) is 16.3. The topological polar surface area (TPSA) is 49.6 Å². The third-order valence-electron chi connectivity index (χ3n) is 3.60. The van der Waals surface area contributed by atoms with Gasteiger partial charge in [0.2, 0.25) is 0 Å². The number of hydrogen-bond donors (Lipinski definition) is 1. The predicted octanol–water partition coefficient (Wildman–Crippen LogP) is 1.21. The van der Waals surface area contributed by atoms with E-state index in [1.165, 1.54) is 4.90 Å². The number of rotatable bonds is 4. The number of carbonyl (C=O) groups excluding carboxylic acids is 1. The fraction of sp³-hybridized carbons (Fsp3) is 0.500. The minimum atomic E-state index is -1.61. The van der Waals surface area contributed by atoms with Crippen LogP contribution in [0.2, 0.25) is 0 Å². The molecule has 0 spiro atoms. The second-order valence-electron chi connectivity index (χ2n) is 5.00. The third-order valence-corrected chi connectivity index (χ3v) is 3.60. The number of amides is 1. The third kappa shape index (κ3) is 3.54. The van der Waals surface area contributed by atoms with Gasteiger partial charge >= 0.3 is 0 Å². The van der Waals surface area contributed by atoms with E-state index in [2.05, 4.69) is 4.90 Å². The Hall–Kier alpha value is -1.60. The second kappa shape index (κ2) is 6.91. The van der Waals surface area contributed by atoms with E-state index in [-0.39, 0.29) is 0 Å². The Morgan fingerprint density at radius 1 is 1.10 bits per heavy atom. The molecule has 0 radical (unpaired) electrons. The van der Waals surface area contributed by atoms with Crippen molar-refractivity contribution in [3.8, 4) is 0 Å². The van der Waals surface area contributed by atoms with E-state index in [1.807, 2.05) is 0 Å². The van der Waals surface area contributed by atoms with E-state index >= 15 is 0 Å². The fourth-order valence-electron chi connectivity index (χ4n) is 2.35. The first-order valence-electron chi connectivity index (χ1n) is 6.89. The lowest BCUT2D eigenvalue weighted by Gasteiger charge is -2.34. The molecule has 1 saturated heterocycles. The van der Waals surface area contributed by atoms with Crippen LogP contribution in [0.3, 0.4) is 0 Å². The monoisotopic (exact) mass is 301 g/mol. The van der Waals surface area contributed by atoms with E-state index < -0.39 is 28.9 Å². The molecular weight excluding hydrogens is 283 g/mol. The number of hydrogen-bond acceptors (Lipinski definition) is 3. The van der Waals surface area contributed by atoms with Gasteiger partial charge in [-0.3, -0.25) is 9.69 Å². The van der Waals surface area contributed by atoms with Gasteiger partial charge in [0.15, 0.2) is 17.5 Å². The molecule has 1 aliphatic heterocycles. The van der Waals surface area contributed by atoms with Gasteiger partial charge in [0.05, 0.1) is 5.56 Å². The van der Waals surface area contributed by atoms with E-state index in [4.69, 9.17) is 5.73 Å². The van der Waals surface area contributed by atoms with Crippen molar-refractivity contribution in [1.82, 2.24) is 9.80 Å². The highest BCUT2D eigenvalue weighted by atomic mass is 19.2. The van der Waals surface area contributed by atoms with Crippen molar-refractivity contribution in [2.24, 2.45) is 5.73 Å². The summed E-state index contributed by atoms with van der Waals surface area (Å²) in [6.07, 6.45) is 0.881. The van der Waals surface area contributed by atoms with Crippen LogP contribution in [0.5, 0.6) is 0 Å². The average Bonchev–Trinajstić information content (AvgIpc) is 2.51. The lowest BCUT2D eigenvalue weighted by molar-refractivity contribution is 0.0631. The highest BCUT2D eigenvalue weighted by Gasteiger charge is 2.26. The molecule has 1 fully saturated rings. The number of carbonyl (C=O) groups is 1. The van der Waals surface area contributed by atoms with Gasteiger partial charge < -0.3 is 10.6 Å². The summed E-state index contributed by atoms with van der Waals surface area (Å²) in [7, 11) is 0. The molecule has 0 saturated carbocycles. The maximum atomic E-state index is 13.6. The molecule has 0 aliphatic carbocycles. The minimum absolute atomic E-state index is 0.427. The standard InChI is InChI=1S/C14H18F3N3O/c15-11-3-2-10(12(16)13(11)17)14(21)20-8-6-19(7-9-20)5-1-4-18/h2-3H,1,4-9,18H2. The highest BCUT2D eigenvalue weighted by molar-refractivity contribution is 5.94. The average molecular weight is 301 g/mol. The summed E-state index contributed by atoms with van der Waals surface area (Å²) in [6.45, 7) is 3.66. The number of halogens is 3. The second-order valence-corrected chi connectivity index (χ2v) is 5.00. The van der Waals surface area contributed by atoms with Gasteiger partial charge in [0.25, 0.3) is 5.91 Å². The van der Waals surface area contributed by atoms with Crippen LogP contribution < -0.4 is 5.73 Å². The van der Waals surface area contributed by atoms with Crippen LogP contribution in [0.4, 0.5) is 13.2 Å². The Balaban J connectivity index is 2.01. The first kappa shape index (κ1) is 15.8. The first-order valence-corrected chi connectivity index (χ1v) is 6.89. The molecule has 0 bridgehead atoms. The summed E-state index contributed by atoms with van der Waals surface area (Å²) in [5.74, 6) is -4.94. The molecule has 1 aliphatic rings. The number of piperazine rings is 1. The summed E-state index contributed by atoms with van der Waals surface area (Å²) in [4.78, 5) is 15.8. The van der Waals surface area contributed by atoms with Gasteiger partial charge in [-0.2, -0.15) is 0 Å². The molecule has 116 valence electrons. The van der Waals surface area contributed by atoms with Crippen LogP contribution in [-0.2, 0) is 0 Å². The zero-order valence-electron chi connectivity index (χ0n) is 11.6. The Bertz CT molecular complexity index is 516. The Morgan fingerprint density at radius 3 is 2.38 bits per heavy atom. The molecule has 1 amide bonds. The van der Waals surface area contributed by atoms with Crippen molar-refractivity contribution in [2.45, 2.75) is 6.42 Å². The maximum Gasteiger partial charge on any atom is 0.257 e. The minimum Gasteiger partial charge on any atom is -0.336 e. The summed E-state index contributed by atoms with van der Waals surface area (Å²) in [6, 6.07) is 1.75. The summed E-state index contributed by atoms with van der Waals surface area (Å²) >= 11 is 0. The maximum absolute atomic E-state index is 13.6. The quantitative estimate of drug-likeness (QED) is 0.851. The molecule has 2 rings (SSSR count). The van der Waals surface area contributed by atoms with E-state index in [0.29, 0.717) is 32.7 Å². The number of benzene rings is 1. The van der Waals surface area contributed by atoms with Crippen molar-refractivity contribution in [2.75, 3.05) is 39.3 Å². The van der Waals surface area contributed by atoms with Gasteiger partial charge in [0.1, 0.15) is 0 Å². The van der Waals surface area contributed by atoms with Crippen LogP contribution in [0.15, 0.2) is 12.1 Å². The van der Waals surface area contributed by atoms with Crippen molar-refractivity contribution in [3.63, 3.8) is 0 Å². The Kier molecular flexibility index (Phi) is 5.19. The van der Waals surface area contributed by atoms with Crippen LogP contribution in [-0.4, -0.2) is 55.0 Å². The summed E-state index contributed by atoms with van der Waals surface area (Å²) in [5.41, 5.74) is 5.01. The van der Waals surface area contributed by atoms with Crippen LogP contribution >= 0.6 is 0 Å². The Morgan fingerprint density at radius 2 is 1.76 bits per heavy atom. The van der Waals surface area contributed by atoms with Gasteiger partial charge in [-0.25, -0.2) is 13.2 Å². The predicted molar refractivity (Wildman–Crippen MR) is 72.3 cm³/mol. The molecule has 2 N–H and O–H groups in total. The van der Waals surface area contributed by atoms with Crippen LogP contribution in [0.25, 0.3) is 0 Å². The molecule has 7 heteroatoms. The SMILES string of the molecule is NCCCN1CCN(C(=O)c2ccc(F)c(F)c2F)CC1. The van der Waals surface area contributed by atoms with Gasteiger partial charge in [-0.15, -0.1) is 0 Å². The molecule has 4 nitrogen and oxygen atoms in total.